The van der Waals surface area contributed by atoms with Crippen molar-refractivity contribution in [3.8, 4) is 11.5 Å². The molecule has 130 valence electrons. The fraction of sp³-hybridized carbons (Fsp3) is 0.158. The Kier molecular flexibility index (Phi) is 6.98. The average molecular weight is 356 g/mol. The highest BCUT2D eigenvalue weighted by atomic mass is 32.1. The Morgan fingerprint density at radius 3 is 2.64 bits per heavy atom. The standard InChI is InChI=1S/C19H20N2O3S/c1-3-11-24-17-6-4-5-15(13-17)20-19(25)21-18(22)12-14-7-9-16(23-2)10-8-14/h3-10,13H,1,11-12H2,2H3,(H2,20,21,22,25). The Balaban J connectivity index is 1.86. The molecule has 2 rings (SSSR count). The predicted molar refractivity (Wildman–Crippen MR) is 103 cm³/mol. The van der Waals surface area contributed by atoms with Gasteiger partial charge in [0.15, 0.2) is 5.11 Å². The summed E-state index contributed by atoms with van der Waals surface area (Å²) in [5.74, 6) is 1.25. The van der Waals surface area contributed by atoms with Gasteiger partial charge in [0.25, 0.3) is 0 Å². The Hall–Kier alpha value is -2.86. The molecule has 0 radical (unpaired) electrons. The lowest BCUT2D eigenvalue weighted by molar-refractivity contribution is -0.119. The zero-order chi connectivity index (χ0) is 18.1. The molecule has 0 saturated heterocycles. The molecule has 1 amide bonds. The smallest absolute Gasteiger partial charge is 0.230 e. The van der Waals surface area contributed by atoms with Crippen molar-refractivity contribution in [2.45, 2.75) is 6.42 Å². The highest BCUT2D eigenvalue weighted by Gasteiger charge is 2.07. The molecule has 0 heterocycles. The Morgan fingerprint density at radius 1 is 1.20 bits per heavy atom. The van der Waals surface area contributed by atoms with Crippen LogP contribution in [0, 0.1) is 0 Å². The molecule has 2 N–H and O–H groups in total. The molecule has 0 spiro atoms. The number of amides is 1. The second-order valence-electron chi connectivity index (χ2n) is 5.15. The van der Waals surface area contributed by atoms with Gasteiger partial charge in [0.05, 0.1) is 13.5 Å². The fourth-order valence-electron chi connectivity index (χ4n) is 2.08. The number of thiocarbonyl (C=S) groups is 1. The second kappa shape index (κ2) is 9.44. The molecular weight excluding hydrogens is 336 g/mol. The van der Waals surface area contributed by atoms with Crippen molar-refractivity contribution in [1.82, 2.24) is 5.32 Å². The van der Waals surface area contributed by atoms with E-state index in [0.717, 1.165) is 17.0 Å². The van der Waals surface area contributed by atoms with Gasteiger partial charge in [-0.25, -0.2) is 0 Å². The topological polar surface area (TPSA) is 59.6 Å². The largest absolute Gasteiger partial charge is 0.497 e. The highest BCUT2D eigenvalue weighted by molar-refractivity contribution is 7.80. The van der Waals surface area contributed by atoms with Gasteiger partial charge in [0.2, 0.25) is 5.91 Å². The molecule has 0 aromatic heterocycles. The van der Waals surface area contributed by atoms with Gasteiger partial charge < -0.3 is 20.1 Å². The van der Waals surface area contributed by atoms with E-state index in [1.807, 2.05) is 42.5 Å². The molecule has 6 heteroatoms. The van der Waals surface area contributed by atoms with E-state index in [1.165, 1.54) is 0 Å². The fourth-order valence-corrected chi connectivity index (χ4v) is 2.31. The van der Waals surface area contributed by atoms with E-state index < -0.39 is 0 Å². The summed E-state index contributed by atoms with van der Waals surface area (Å²) in [4.78, 5) is 12.1. The van der Waals surface area contributed by atoms with Gasteiger partial charge in [0, 0.05) is 11.8 Å². The van der Waals surface area contributed by atoms with Gasteiger partial charge in [-0.05, 0) is 42.0 Å². The number of hydrogen-bond donors (Lipinski definition) is 2. The lowest BCUT2D eigenvalue weighted by Gasteiger charge is -2.11. The highest BCUT2D eigenvalue weighted by Crippen LogP contribution is 2.17. The van der Waals surface area contributed by atoms with Gasteiger partial charge in [-0.1, -0.05) is 30.9 Å². The number of rotatable bonds is 7. The number of hydrogen-bond acceptors (Lipinski definition) is 4. The zero-order valence-electron chi connectivity index (χ0n) is 14.0. The van der Waals surface area contributed by atoms with Crippen LogP contribution in [-0.4, -0.2) is 24.7 Å². The van der Waals surface area contributed by atoms with Crippen molar-refractivity contribution in [1.29, 1.82) is 0 Å². The Bertz CT molecular complexity index is 745. The lowest BCUT2D eigenvalue weighted by atomic mass is 10.1. The minimum Gasteiger partial charge on any atom is -0.497 e. The van der Waals surface area contributed by atoms with E-state index in [-0.39, 0.29) is 17.4 Å². The number of nitrogens with one attached hydrogen (secondary N) is 2. The third-order valence-corrected chi connectivity index (χ3v) is 3.44. The molecule has 25 heavy (non-hydrogen) atoms. The quantitative estimate of drug-likeness (QED) is 0.589. The van der Waals surface area contributed by atoms with Crippen LogP contribution in [0.5, 0.6) is 11.5 Å². The third-order valence-electron chi connectivity index (χ3n) is 3.24. The summed E-state index contributed by atoms with van der Waals surface area (Å²) in [6.45, 7) is 4.03. The van der Waals surface area contributed by atoms with E-state index in [0.29, 0.717) is 12.4 Å². The molecule has 0 unspecified atom stereocenters. The van der Waals surface area contributed by atoms with E-state index in [9.17, 15) is 4.79 Å². The lowest BCUT2D eigenvalue weighted by Crippen LogP contribution is -2.35. The van der Waals surface area contributed by atoms with Gasteiger partial charge in [-0.3, -0.25) is 4.79 Å². The number of methoxy groups -OCH3 is 1. The average Bonchev–Trinajstić information content (AvgIpc) is 2.60. The van der Waals surface area contributed by atoms with Crippen LogP contribution in [0.3, 0.4) is 0 Å². The summed E-state index contributed by atoms with van der Waals surface area (Å²) >= 11 is 5.18. The molecular formula is C19H20N2O3S. The Morgan fingerprint density at radius 2 is 1.96 bits per heavy atom. The van der Waals surface area contributed by atoms with Crippen LogP contribution >= 0.6 is 12.2 Å². The van der Waals surface area contributed by atoms with Crippen molar-refractivity contribution >= 4 is 28.9 Å². The summed E-state index contributed by atoms with van der Waals surface area (Å²) in [6.07, 6.45) is 1.90. The molecule has 2 aromatic rings. The monoisotopic (exact) mass is 356 g/mol. The van der Waals surface area contributed by atoms with Crippen molar-refractivity contribution in [3.63, 3.8) is 0 Å². The Labute approximate surface area is 152 Å². The van der Waals surface area contributed by atoms with Gasteiger partial charge >= 0.3 is 0 Å². The maximum absolute atomic E-state index is 12.1. The first-order valence-electron chi connectivity index (χ1n) is 7.68. The van der Waals surface area contributed by atoms with Crippen LogP contribution in [0.25, 0.3) is 0 Å². The maximum Gasteiger partial charge on any atom is 0.230 e. The molecule has 0 aliphatic carbocycles. The molecule has 0 bridgehead atoms. The van der Waals surface area contributed by atoms with E-state index in [1.54, 1.807) is 19.3 Å². The molecule has 0 saturated carbocycles. The summed E-state index contributed by atoms with van der Waals surface area (Å²) in [6, 6.07) is 14.6. The number of carbonyl (C=O) groups excluding carboxylic acids is 1. The number of benzene rings is 2. The summed E-state index contributed by atoms with van der Waals surface area (Å²) in [5.41, 5.74) is 1.61. The summed E-state index contributed by atoms with van der Waals surface area (Å²) < 4.78 is 10.5. The van der Waals surface area contributed by atoms with Gasteiger partial charge in [-0.15, -0.1) is 0 Å². The molecule has 0 atom stereocenters. The van der Waals surface area contributed by atoms with Gasteiger partial charge in [0.1, 0.15) is 18.1 Å². The van der Waals surface area contributed by atoms with Crippen LogP contribution in [-0.2, 0) is 11.2 Å². The normalized spacial score (nSPS) is 9.80. The minimum absolute atomic E-state index is 0.193. The molecule has 0 aliphatic rings. The van der Waals surface area contributed by atoms with Crippen LogP contribution < -0.4 is 20.1 Å². The first kappa shape index (κ1) is 18.5. The first-order valence-corrected chi connectivity index (χ1v) is 8.09. The van der Waals surface area contributed by atoms with Crippen LogP contribution in [0.4, 0.5) is 5.69 Å². The van der Waals surface area contributed by atoms with Crippen molar-refractivity contribution in [2.24, 2.45) is 0 Å². The summed E-state index contributed by atoms with van der Waals surface area (Å²) in [5, 5.41) is 5.86. The zero-order valence-corrected chi connectivity index (χ0v) is 14.8. The van der Waals surface area contributed by atoms with E-state index >= 15 is 0 Å². The maximum atomic E-state index is 12.1. The van der Waals surface area contributed by atoms with Crippen molar-refractivity contribution in [2.75, 3.05) is 19.0 Å². The molecule has 0 fully saturated rings. The van der Waals surface area contributed by atoms with Crippen LogP contribution in [0.1, 0.15) is 5.56 Å². The second-order valence-corrected chi connectivity index (χ2v) is 5.56. The minimum atomic E-state index is -0.193. The predicted octanol–water partition coefficient (Wildman–Crippen LogP) is 3.32. The van der Waals surface area contributed by atoms with E-state index in [4.69, 9.17) is 21.7 Å². The van der Waals surface area contributed by atoms with E-state index in [2.05, 4.69) is 17.2 Å². The number of ether oxygens (including phenoxy) is 2. The molecule has 0 aliphatic heterocycles. The van der Waals surface area contributed by atoms with Crippen LogP contribution in [0.15, 0.2) is 61.2 Å². The molecule has 5 nitrogen and oxygen atoms in total. The number of anilines is 1. The molecule has 2 aromatic carbocycles. The van der Waals surface area contributed by atoms with Crippen LogP contribution in [0.2, 0.25) is 0 Å². The van der Waals surface area contributed by atoms with Gasteiger partial charge in [-0.2, -0.15) is 0 Å². The third kappa shape index (κ3) is 6.27. The SMILES string of the molecule is C=CCOc1cccc(NC(=S)NC(=O)Cc2ccc(OC)cc2)c1. The summed E-state index contributed by atoms with van der Waals surface area (Å²) in [7, 11) is 1.60. The van der Waals surface area contributed by atoms with Crippen molar-refractivity contribution in [3.05, 3.63) is 66.7 Å². The first-order chi connectivity index (χ1) is 12.1. The number of carbonyl (C=O) groups is 1. The van der Waals surface area contributed by atoms with Crippen molar-refractivity contribution < 1.29 is 14.3 Å².